The zero-order valence-corrected chi connectivity index (χ0v) is 13.6. The van der Waals surface area contributed by atoms with Gasteiger partial charge >= 0.3 is 0 Å². The largest absolute Gasteiger partial charge is 0.376 e. The van der Waals surface area contributed by atoms with Crippen molar-refractivity contribution in [1.82, 2.24) is 9.80 Å². The average Bonchev–Trinajstić information content (AvgIpc) is 3.08. The SMILES string of the molecule is CN(C)C[C@@H]1OC[C@H]2CCN(C(=O)Cc3cccs3)C[C@H]21. The second-order valence-electron chi connectivity index (χ2n) is 6.44. The van der Waals surface area contributed by atoms with Crippen molar-refractivity contribution in [2.45, 2.75) is 18.9 Å². The standard InChI is InChI=1S/C16H24N2O2S/c1-17(2)10-15-14-9-18(6-5-12(14)11-20-15)16(19)8-13-4-3-7-21-13/h3-4,7,12,14-15H,5-6,8-11H2,1-2H3/t12-,14-,15+/m1/s1. The number of rotatable bonds is 4. The zero-order valence-electron chi connectivity index (χ0n) is 12.8. The van der Waals surface area contributed by atoms with Crippen LogP contribution in [0.4, 0.5) is 0 Å². The molecule has 0 unspecified atom stereocenters. The van der Waals surface area contributed by atoms with Gasteiger partial charge in [-0.05, 0) is 37.9 Å². The molecule has 1 aromatic heterocycles. The summed E-state index contributed by atoms with van der Waals surface area (Å²) in [5.74, 6) is 1.42. The van der Waals surface area contributed by atoms with Crippen LogP contribution in [-0.2, 0) is 16.0 Å². The number of hydrogen-bond acceptors (Lipinski definition) is 4. The van der Waals surface area contributed by atoms with Crippen molar-refractivity contribution in [3.8, 4) is 0 Å². The van der Waals surface area contributed by atoms with Crippen LogP contribution in [-0.4, -0.2) is 62.1 Å². The summed E-state index contributed by atoms with van der Waals surface area (Å²) in [6.45, 7) is 3.58. The van der Waals surface area contributed by atoms with Gasteiger partial charge in [0.25, 0.3) is 0 Å². The fourth-order valence-corrected chi connectivity index (χ4v) is 4.17. The first kappa shape index (κ1) is 15.0. The maximum atomic E-state index is 12.5. The number of carbonyl (C=O) groups is 1. The van der Waals surface area contributed by atoms with E-state index in [4.69, 9.17) is 4.74 Å². The lowest BCUT2D eigenvalue weighted by Crippen LogP contribution is -2.47. The molecule has 2 aliphatic heterocycles. The molecule has 5 heteroatoms. The maximum absolute atomic E-state index is 12.5. The number of fused-ring (bicyclic) bond motifs is 1. The molecule has 3 rings (SSSR count). The van der Waals surface area contributed by atoms with Crippen LogP contribution in [0.3, 0.4) is 0 Å². The van der Waals surface area contributed by atoms with Gasteiger partial charge in [0.15, 0.2) is 0 Å². The third-order valence-corrected chi connectivity index (χ3v) is 5.49. The van der Waals surface area contributed by atoms with Crippen LogP contribution in [0.15, 0.2) is 17.5 Å². The summed E-state index contributed by atoms with van der Waals surface area (Å²) < 4.78 is 5.97. The highest BCUT2D eigenvalue weighted by molar-refractivity contribution is 7.10. The van der Waals surface area contributed by atoms with E-state index in [9.17, 15) is 4.79 Å². The molecular formula is C16H24N2O2S. The van der Waals surface area contributed by atoms with Crippen molar-refractivity contribution in [1.29, 1.82) is 0 Å². The highest BCUT2D eigenvalue weighted by atomic mass is 32.1. The van der Waals surface area contributed by atoms with Crippen molar-refractivity contribution < 1.29 is 9.53 Å². The Bertz CT molecular complexity index is 475. The molecule has 0 aromatic carbocycles. The normalized spacial score (nSPS) is 28.9. The summed E-state index contributed by atoms with van der Waals surface area (Å²) in [6, 6.07) is 4.06. The van der Waals surface area contributed by atoms with Crippen LogP contribution in [0, 0.1) is 11.8 Å². The molecule has 2 saturated heterocycles. The van der Waals surface area contributed by atoms with Crippen molar-refractivity contribution in [3.63, 3.8) is 0 Å². The minimum atomic E-state index is 0.270. The Morgan fingerprint density at radius 2 is 2.38 bits per heavy atom. The molecule has 0 saturated carbocycles. The predicted molar refractivity (Wildman–Crippen MR) is 84.5 cm³/mol. The lowest BCUT2D eigenvalue weighted by molar-refractivity contribution is -0.133. The summed E-state index contributed by atoms with van der Waals surface area (Å²) in [4.78, 5) is 17.9. The van der Waals surface area contributed by atoms with Crippen LogP contribution < -0.4 is 0 Å². The van der Waals surface area contributed by atoms with E-state index in [1.807, 2.05) is 17.5 Å². The van der Waals surface area contributed by atoms with Crippen LogP contribution in [0.25, 0.3) is 0 Å². The first-order valence-electron chi connectivity index (χ1n) is 7.70. The molecule has 0 radical (unpaired) electrons. The molecule has 3 heterocycles. The van der Waals surface area contributed by atoms with Crippen molar-refractivity contribution >= 4 is 17.2 Å². The van der Waals surface area contributed by atoms with E-state index in [-0.39, 0.29) is 12.0 Å². The van der Waals surface area contributed by atoms with E-state index >= 15 is 0 Å². The van der Waals surface area contributed by atoms with Gasteiger partial charge < -0.3 is 14.5 Å². The number of carbonyl (C=O) groups excluding carboxylic acids is 1. The molecule has 21 heavy (non-hydrogen) atoms. The molecule has 0 aliphatic carbocycles. The fraction of sp³-hybridized carbons (Fsp3) is 0.688. The molecule has 4 nitrogen and oxygen atoms in total. The number of thiophene rings is 1. The molecule has 0 N–H and O–H groups in total. The number of ether oxygens (including phenoxy) is 1. The van der Waals surface area contributed by atoms with Gasteiger partial charge in [0.1, 0.15) is 0 Å². The van der Waals surface area contributed by atoms with Gasteiger partial charge in [0, 0.05) is 30.4 Å². The molecule has 116 valence electrons. The Kier molecular flexibility index (Phi) is 4.62. The number of amides is 1. The quantitative estimate of drug-likeness (QED) is 0.849. The summed E-state index contributed by atoms with van der Waals surface area (Å²) in [6.07, 6.45) is 1.92. The van der Waals surface area contributed by atoms with Gasteiger partial charge in [-0.15, -0.1) is 11.3 Å². The van der Waals surface area contributed by atoms with E-state index in [1.54, 1.807) is 11.3 Å². The Hall–Kier alpha value is -0.910. The molecule has 3 atom stereocenters. The highest BCUT2D eigenvalue weighted by Crippen LogP contribution is 2.34. The number of nitrogens with zero attached hydrogens (tertiary/aromatic N) is 2. The van der Waals surface area contributed by atoms with Crippen LogP contribution >= 0.6 is 11.3 Å². The molecule has 2 fully saturated rings. The number of likely N-dealkylation sites (N-methyl/N-ethyl adjacent to an activating group) is 1. The van der Waals surface area contributed by atoms with Crippen LogP contribution in [0.1, 0.15) is 11.3 Å². The Labute approximate surface area is 130 Å². The molecule has 0 spiro atoms. The van der Waals surface area contributed by atoms with Crippen LogP contribution in [0.5, 0.6) is 0 Å². The Morgan fingerprint density at radius 3 is 3.10 bits per heavy atom. The van der Waals surface area contributed by atoms with E-state index in [0.29, 0.717) is 18.3 Å². The van der Waals surface area contributed by atoms with Gasteiger partial charge in [-0.3, -0.25) is 4.79 Å². The van der Waals surface area contributed by atoms with Gasteiger partial charge in [-0.2, -0.15) is 0 Å². The summed E-state index contributed by atoms with van der Waals surface area (Å²) in [5.41, 5.74) is 0. The van der Waals surface area contributed by atoms with Gasteiger partial charge in [0.2, 0.25) is 5.91 Å². The minimum absolute atomic E-state index is 0.270. The fourth-order valence-electron chi connectivity index (χ4n) is 3.48. The first-order valence-corrected chi connectivity index (χ1v) is 8.58. The summed E-state index contributed by atoms with van der Waals surface area (Å²) >= 11 is 1.66. The van der Waals surface area contributed by atoms with Crippen molar-refractivity contribution in [3.05, 3.63) is 22.4 Å². The topological polar surface area (TPSA) is 32.8 Å². The summed E-state index contributed by atoms with van der Waals surface area (Å²) in [5, 5.41) is 2.03. The smallest absolute Gasteiger partial charge is 0.227 e. The first-order chi connectivity index (χ1) is 10.1. The van der Waals surface area contributed by atoms with Gasteiger partial charge in [0.05, 0.1) is 19.1 Å². The van der Waals surface area contributed by atoms with Crippen molar-refractivity contribution in [2.24, 2.45) is 11.8 Å². The molecule has 2 aliphatic rings. The minimum Gasteiger partial charge on any atom is -0.376 e. The lowest BCUT2D eigenvalue weighted by Gasteiger charge is -2.36. The number of hydrogen-bond donors (Lipinski definition) is 0. The molecule has 1 aromatic rings. The second-order valence-corrected chi connectivity index (χ2v) is 7.47. The molecular weight excluding hydrogens is 284 g/mol. The molecule has 0 bridgehead atoms. The van der Waals surface area contributed by atoms with E-state index < -0.39 is 0 Å². The van der Waals surface area contributed by atoms with E-state index in [0.717, 1.165) is 37.5 Å². The van der Waals surface area contributed by atoms with E-state index in [2.05, 4.69) is 23.9 Å². The molecule has 1 amide bonds. The van der Waals surface area contributed by atoms with Crippen molar-refractivity contribution in [2.75, 3.05) is 40.3 Å². The Balaban J connectivity index is 1.60. The lowest BCUT2D eigenvalue weighted by atomic mass is 9.84. The predicted octanol–water partition coefficient (Wildman–Crippen LogP) is 1.72. The monoisotopic (exact) mass is 308 g/mol. The number of likely N-dealkylation sites (tertiary alicyclic amines) is 1. The zero-order chi connectivity index (χ0) is 14.8. The van der Waals surface area contributed by atoms with E-state index in [1.165, 1.54) is 0 Å². The summed E-state index contributed by atoms with van der Waals surface area (Å²) in [7, 11) is 4.17. The average molecular weight is 308 g/mol. The highest BCUT2D eigenvalue weighted by Gasteiger charge is 2.41. The Morgan fingerprint density at radius 1 is 1.52 bits per heavy atom. The van der Waals surface area contributed by atoms with Gasteiger partial charge in [-0.1, -0.05) is 6.07 Å². The van der Waals surface area contributed by atoms with Crippen LogP contribution in [0.2, 0.25) is 0 Å². The maximum Gasteiger partial charge on any atom is 0.227 e. The van der Waals surface area contributed by atoms with Gasteiger partial charge in [-0.25, -0.2) is 0 Å². The second kappa shape index (κ2) is 6.46. The third-order valence-electron chi connectivity index (χ3n) is 4.61. The number of piperidine rings is 1. The third kappa shape index (κ3) is 3.47.